The lowest BCUT2D eigenvalue weighted by Gasteiger charge is -2.03. The van der Waals surface area contributed by atoms with Crippen LogP contribution in [-0.4, -0.2) is 19.9 Å². The zero-order valence-corrected chi connectivity index (χ0v) is 9.42. The highest BCUT2D eigenvalue weighted by molar-refractivity contribution is 7.71. The summed E-state index contributed by atoms with van der Waals surface area (Å²) in [7, 11) is 0. The zero-order valence-electron chi connectivity index (χ0n) is 8.60. The van der Waals surface area contributed by atoms with Crippen LogP contribution in [0.5, 0.6) is 0 Å². The van der Waals surface area contributed by atoms with Crippen LogP contribution in [-0.2, 0) is 12.8 Å². The van der Waals surface area contributed by atoms with E-state index >= 15 is 0 Å². The Morgan fingerprint density at radius 3 is 2.81 bits per heavy atom. The largest absolute Gasteiger partial charge is 0.340 e. The molecule has 5 heteroatoms. The minimum Gasteiger partial charge on any atom is -0.340 e. The second kappa shape index (κ2) is 3.75. The van der Waals surface area contributed by atoms with Crippen molar-refractivity contribution in [2.75, 3.05) is 0 Å². The van der Waals surface area contributed by atoms with Crippen LogP contribution in [0.2, 0.25) is 0 Å². The van der Waals surface area contributed by atoms with E-state index in [4.69, 9.17) is 12.2 Å². The van der Waals surface area contributed by atoms with E-state index in [0.717, 1.165) is 19.3 Å². The molecule has 0 atom stereocenters. The van der Waals surface area contributed by atoms with Gasteiger partial charge in [-0.05, 0) is 25.3 Å². The Morgan fingerprint density at radius 1 is 1.19 bits per heavy atom. The molecule has 0 aromatic carbocycles. The van der Waals surface area contributed by atoms with Crippen LogP contribution in [0.3, 0.4) is 0 Å². The maximum Gasteiger partial charge on any atom is 0.195 e. The lowest BCUT2D eigenvalue weighted by molar-refractivity contribution is 0.899. The number of hydrogen-bond donors (Lipinski definition) is 1. The molecule has 3 rings (SSSR count). The first-order valence-corrected chi connectivity index (χ1v) is 5.65. The standard InChI is InChI=1S/C11H10N4S/c16-11-7-3-1-4-8(7)14-10(15-11)9-12-5-2-6-13-9/h2,5-6H,1,3-4H2,(H,14,15,16). The number of H-pyrrole nitrogens is 1. The number of rotatable bonds is 1. The van der Waals surface area contributed by atoms with Crippen molar-refractivity contribution in [3.8, 4) is 11.6 Å². The van der Waals surface area contributed by atoms with Gasteiger partial charge < -0.3 is 4.98 Å². The molecule has 0 spiro atoms. The van der Waals surface area contributed by atoms with Crippen LogP contribution in [0.1, 0.15) is 17.7 Å². The molecule has 0 bridgehead atoms. The summed E-state index contributed by atoms with van der Waals surface area (Å²) in [5.41, 5.74) is 2.39. The predicted molar refractivity (Wildman–Crippen MR) is 62.5 cm³/mol. The fourth-order valence-corrected chi connectivity index (χ4v) is 2.30. The Kier molecular flexibility index (Phi) is 2.25. The van der Waals surface area contributed by atoms with Crippen LogP contribution in [0, 0.1) is 4.64 Å². The molecule has 1 N–H and O–H groups in total. The molecule has 0 fully saturated rings. The van der Waals surface area contributed by atoms with Gasteiger partial charge in [0.2, 0.25) is 0 Å². The first-order chi connectivity index (χ1) is 7.84. The quantitative estimate of drug-likeness (QED) is 0.762. The summed E-state index contributed by atoms with van der Waals surface area (Å²) in [4.78, 5) is 16.0. The topological polar surface area (TPSA) is 54.5 Å². The van der Waals surface area contributed by atoms with Crippen molar-refractivity contribution in [3.63, 3.8) is 0 Å². The second-order valence-electron chi connectivity index (χ2n) is 3.77. The van der Waals surface area contributed by atoms with Gasteiger partial charge in [-0.25, -0.2) is 15.0 Å². The molecule has 2 aromatic rings. The van der Waals surface area contributed by atoms with Crippen molar-refractivity contribution in [2.45, 2.75) is 19.3 Å². The number of nitrogens with zero attached hydrogens (tertiary/aromatic N) is 3. The number of nitrogens with one attached hydrogen (secondary N) is 1. The highest BCUT2D eigenvalue weighted by Gasteiger charge is 2.15. The van der Waals surface area contributed by atoms with E-state index < -0.39 is 0 Å². The third-order valence-electron chi connectivity index (χ3n) is 2.74. The minimum atomic E-state index is 0.600. The molecule has 1 aliphatic carbocycles. The Hall–Kier alpha value is -1.62. The maximum absolute atomic E-state index is 5.28. The monoisotopic (exact) mass is 230 g/mol. The minimum absolute atomic E-state index is 0.600. The van der Waals surface area contributed by atoms with Crippen molar-refractivity contribution in [2.24, 2.45) is 0 Å². The van der Waals surface area contributed by atoms with Gasteiger partial charge in [0, 0.05) is 23.7 Å². The number of hydrogen-bond acceptors (Lipinski definition) is 4. The summed E-state index contributed by atoms with van der Waals surface area (Å²) in [6.07, 6.45) is 6.63. The summed E-state index contributed by atoms with van der Waals surface area (Å²) >= 11 is 5.28. The first-order valence-electron chi connectivity index (χ1n) is 5.24. The highest BCUT2D eigenvalue weighted by atomic mass is 32.1. The smallest absolute Gasteiger partial charge is 0.195 e. The number of aryl methyl sites for hydroxylation is 1. The SMILES string of the molecule is S=c1nc(-c2ncccn2)[nH]c2c1CCC2. The summed E-state index contributed by atoms with van der Waals surface area (Å²) in [5.74, 6) is 1.27. The Bertz CT molecular complexity index is 576. The van der Waals surface area contributed by atoms with Gasteiger partial charge in [-0.2, -0.15) is 0 Å². The van der Waals surface area contributed by atoms with Crippen molar-refractivity contribution < 1.29 is 0 Å². The van der Waals surface area contributed by atoms with Gasteiger partial charge in [0.1, 0.15) is 4.64 Å². The van der Waals surface area contributed by atoms with E-state index in [2.05, 4.69) is 19.9 Å². The lowest BCUT2D eigenvalue weighted by Crippen LogP contribution is -1.99. The first kappa shape index (κ1) is 9.59. The summed E-state index contributed by atoms with van der Waals surface area (Å²) in [6, 6.07) is 1.78. The number of fused-ring (bicyclic) bond motifs is 1. The maximum atomic E-state index is 5.28. The third kappa shape index (κ3) is 1.53. The molecule has 1 aliphatic rings. The van der Waals surface area contributed by atoms with Gasteiger partial charge in [0.05, 0.1) is 0 Å². The molecular weight excluding hydrogens is 220 g/mol. The van der Waals surface area contributed by atoms with Crippen LogP contribution < -0.4 is 0 Å². The average Bonchev–Trinajstić information content (AvgIpc) is 2.79. The molecule has 4 nitrogen and oxygen atoms in total. The van der Waals surface area contributed by atoms with Crippen molar-refractivity contribution in [1.82, 2.24) is 19.9 Å². The van der Waals surface area contributed by atoms with E-state index in [1.165, 1.54) is 11.3 Å². The number of aromatic amines is 1. The normalized spacial score (nSPS) is 13.8. The molecule has 0 radical (unpaired) electrons. The van der Waals surface area contributed by atoms with Crippen molar-refractivity contribution >= 4 is 12.2 Å². The Balaban J connectivity index is 2.17. The molecule has 0 amide bonds. The van der Waals surface area contributed by atoms with Crippen LogP contribution >= 0.6 is 12.2 Å². The summed E-state index contributed by atoms with van der Waals surface area (Å²) < 4.78 is 0.689. The summed E-state index contributed by atoms with van der Waals surface area (Å²) in [6.45, 7) is 0. The van der Waals surface area contributed by atoms with E-state index in [1.807, 2.05) is 0 Å². The van der Waals surface area contributed by atoms with E-state index in [1.54, 1.807) is 18.5 Å². The molecular formula is C11H10N4S. The van der Waals surface area contributed by atoms with E-state index in [0.29, 0.717) is 16.3 Å². The molecule has 80 valence electrons. The molecule has 16 heavy (non-hydrogen) atoms. The van der Waals surface area contributed by atoms with Crippen LogP contribution in [0.15, 0.2) is 18.5 Å². The molecule has 0 unspecified atom stereocenters. The molecule has 2 aromatic heterocycles. The second-order valence-corrected chi connectivity index (χ2v) is 4.16. The highest BCUT2D eigenvalue weighted by Crippen LogP contribution is 2.22. The zero-order chi connectivity index (χ0) is 11.0. The van der Waals surface area contributed by atoms with Crippen LogP contribution in [0.25, 0.3) is 11.6 Å². The van der Waals surface area contributed by atoms with Crippen LogP contribution in [0.4, 0.5) is 0 Å². The van der Waals surface area contributed by atoms with Gasteiger partial charge in [0.15, 0.2) is 11.6 Å². The van der Waals surface area contributed by atoms with Gasteiger partial charge in [0.25, 0.3) is 0 Å². The third-order valence-corrected chi connectivity index (χ3v) is 3.07. The fourth-order valence-electron chi connectivity index (χ4n) is 1.98. The van der Waals surface area contributed by atoms with E-state index in [9.17, 15) is 0 Å². The van der Waals surface area contributed by atoms with Crippen molar-refractivity contribution in [3.05, 3.63) is 34.4 Å². The average molecular weight is 230 g/mol. The molecule has 0 saturated heterocycles. The lowest BCUT2D eigenvalue weighted by atomic mass is 10.3. The van der Waals surface area contributed by atoms with Gasteiger partial charge in [-0.1, -0.05) is 12.2 Å². The molecule has 2 heterocycles. The molecule has 0 aliphatic heterocycles. The van der Waals surface area contributed by atoms with Crippen molar-refractivity contribution in [1.29, 1.82) is 0 Å². The fraction of sp³-hybridized carbons (Fsp3) is 0.273. The number of aromatic nitrogens is 4. The predicted octanol–water partition coefficient (Wildman–Crippen LogP) is 2.08. The Labute approximate surface area is 97.8 Å². The molecule has 0 saturated carbocycles. The van der Waals surface area contributed by atoms with Gasteiger partial charge >= 0.3 is 0 Å². The Morgan fingerprint density at radius 2 is 2.00 bits per heavy atom. The van der Waals surface area contributed by atoms with E-state index in [-0.39, 0.29) is 0 Å². The van der Waals surface area contributed by atoms with Gasteiger partial charge in [-0.3, -0.25) is 0 Å². The van der Waals surface area contributed by atoms with Gasteiger partial charge in [-0.15, -0.1) is 0 Å². The summed E-state index contributed by atoms with van der Waals surface area (Å²) in [5, 5.41) is 0.